The molecular formula is C35H33BrClNO4. The van der Waals surface area contributed by atoms with Gasteiger partial charge in [0.1, 0.15) is 6.61 Å². The van der Waals surface area contributed by atoms with Crippen LogP contribution in [0, 0.1) is 0 Å². The first-order chi connectivity index (χ1) is 20.5. The van der Waals surface area contributed by atoms with E-state index in [2.05, 4.69) is 45.1 Å². The highest BCUT2D eigenvalue weighted by Crippen LogP contribution is 2.51. The first-order valence-electron chi connectivity index (χ1n) is 14.5. The zero-order valence-electron chi connectivity index (χ0n) is 23.6. The van der Waals surface area contributed by atoms with Gasteiger partial charge in [-0.25, -0.2) is 0 Å². The second-order valence-corrected chi connectivity index (χ2v) is 12.3. The lowest BCUT2D eigenvalue weighted by Crippen LogP contribution is -2.40. The van der Waals surface area contributed by atoms with Gasteiger partial charge in [0.25, 0.3) is 0 Å². The van der Waals surface area contributed by atoms with Crippen molar-refractivity contribution in [3.63, 3.8) is 0 Å². The number of carbonyl (C=O) groups is 2. The molecule has 0 unspecified atom stereocenters. The quantitative estimate of drug-likeness (QED) is 0.246. The summed E-state index contributed by atoms with van der Waals surface area (Å²) in [5, 5.41) is 0.633. The van der Waals surface area contributed by atoms with Crippen LogP contribution in [0.25, 0.3) is 0 Å². The van der Waals surface area contributed by atoms with Gasteiger partial charge in [0, 0.05) is 58.4 Å². The molecule has 6 rings (SSSR count). The third-order valence-corrected chi connectivity index (χ3v) is 9.43. The van der Waals surface area contributed by atoms with Crippen LogP contribution in [-0.4, -0.2) is 30.1 Å². The summed E-state index contributed by atoms with van der Waals surface area (Å²) in [5.74, 6) is 0.921. The van der Waals surface area contributed by atoms with Crippen molar-refractivity contribution in [3.8, 4) is 11.5 Å². The third kappa shape index (κ3) is 5.55. The van der Waals surface area contributed by atoms with Crippen LogP contribution in [0.4, 0.5) is 0 Å². The van der Waals surface area contributed by atoms with E-state index in [1.807, 2.05) is 42.5 Å². The van der Waals surface area contributed by atoms with Crippen LogP contribution in [0.3, 0.4) is 0 Å². The molecule has 0 bridgehead atoms. The van der Waals surface area contributed by atoms with Crippen LogP contribution < -0.4 is 9.47 Å². The fourth-order valence-electron chi connectivity index (χ4n) is 6.52. The number of ketones is 2. The molecule has 0 radical (unpaired) electrons. The van der Waals surface area contributed by atoms with Crippen molar-refractivity contribution in [1.29, 1.82) is 0 Å². The van der Waals surface area contributed by atoms with E-state index in [0.717, 1.165) is 72.3 Å². The number of halogens is 2. The molecule has 0 saturated heterocycles. The topological polar surface area (TPSA) is 55.8 Å². The Hall–Kier alpha value is -3.35. The van der Waals surface area contributed by atoms with E-state index < -0.39 is 5.92 Å². The number of benzene rings is 3. The van der Waals surface area contributed by atoms with E-state index in [4.69, 9.17) is 21.1 Å². The number of carbonyl (C=O) groups excluding carboxylic acids is 2. The molecule has 0 spiro atoms. The summed E-state index contributed by atoms with van der Waals surface area (Å²) in [6.45, 7) is 1.02. The van der Waals surface area contributed by atoms with Crippen molar-refractivity contribution in [2.45, 2.75) is 57.5 Å². The summed E-state index contributed by atoms with van der Waals surface area (Å²) >= 11 is 10.1. The molecule has 2 aliphatic carbocycles. The van der Waals surface area contributed by atoms with Gasteiger partial charge in [-0.05, 0) is 77.4 Å². The van der Waals surface area contributed by atoms with Crippen molar-refractivity contribution in [2.75, 3.05) is 13.7 Å². The van der Waals surface area contributed by atoms with Gasteiger partial charge in [-0.2, -0.15) is 0 Å². The van der Waals surface area contributed by atoms with Crippen LogP contribution in [0.2, 0.25) is 5.02 Å². The molecular weight excluding hydrogens is 614 g/mol. The van der Waals surface area contributed by atoms with E-state index in [1.165, 1.54) is 5.56 Å². The highest BCUT2D eigenvalue weighted by molar-refractivity contribution is 9.10. The standard InChI is InChI=1S/C35H33BrClNO4/c1-41-31-20-24(19-25(36)35(31)42-21-23-11-5-6-12-26(23)37)32-33-27(13-7-15-29(33)39)38(18-17-22-9-3-2-4-10-22)28-14-8-16-30(40)34(28)32/h2-6,9-12,19-20,32H,7-8,13-18,21H2,1H3. The molecule has 0 N–H and O–H groups in total. The molecule has 42 heavy (non-hydrogen) atoms. The number of methoxy groups -OCH3 is 1. The average molecular weight is 647 g/mol. The summed E-state index contributed by atoms with van der Waals surface area (Å²) in [5.41, 5.74) is 6.66. The maximum absolute atomic E-state index is 13.7. The summed E-state index contributed by atoms with van der Waals surface area (Å²) in [7, 11) is 1.60. The van der Waals surface area contributed by atoms with Crippen LogP contribution >= 0.6 is 27.5 Å². The number of rotatable bonds is 8. The number of allylic oxidation sites excluding steroid dienone is 4. The number of Topliss-reactive ketones (excluding diaryl/α,β-unsaturated/α-hetero) is 2. The van der Waals surface area contributed by atoms with Gasteiger partial charge in [0.2, 0.25) is 0 Å². The molecule has 3 aliphatic rings. The molecule has 1 aliphatic heterocycles. The van der Waals surface area contributed by atoms with Crippen molar-refractivity contribution in [2.24, 2.45) is 0 Å². The van der Waals surface area contributed by atoms with Gasteiger partial charge in [-0.15, -0.1) is 0 Å². The molecule has 1 heterocycles. The van der Waals surface area contributed by atoms with Crippen molar-refractivity contribution in [3.05, 3.63) is 115 Å². The fourth-order valence-corrected chi connectivity index (χ4v) is 7.28. The first kappa shape index (κ1) is 28.8. The van der Waals surface area contributed by atoms with Gasteiger partial charge in [-0.1, -0.05) is 60.1 Å². The first-order valence-corrected chi connectivity index (χ1v) is 15.7. The molecule has 0 amide bonds. The minimum absolute atomic E-state index is 0.130. The highest BCUT2D eigenvalue weighted by Gasteiger charge is 2.43. The van der Waals surface area contributed by atoms with Crippen LogP contribution in [0.1, 0.15) is 61.1 Å². The molecule has 0 saturated carbocycles. The predicted molar refractivity (Wildman–Crippen MR) is 168 cm³/mol. The monoisotopic (exact) mass is 645 g/mol. The summed E-state index contributed by atoms with van der Waals surface area (Å²) in [6.07, 6.45) is 5.14. The zero-order chi connectivity index (χ0) is 29.2. The smallest absolute Gasteiger partial charge is 0.175 e. The lowest BCUT2D eigenvalue weighted by atomic mass is 9.71. The van der Waals surface area contributed by atoms with Gasteiger partial charge < -0.3 is 14.4 Å². The summed E-state index contributed by atoms with van der Waals surface area (Å²) < 4.78 is 12.7. The van der Waals surface area contributed by atoms with Crippen molar-refractivity contribution < 1.29 is 19.1 Å². The number of hydrogen-bond acceptors (Lipinski definition) is 5. The van der Waals surface area contributed by atoms with Crippen LogP contribution in [0.5, 0.6) is 11.5 Å². The molecule has 216 valence electrons. The maximum atomic E-state index is 13.7. The van der Waals surface area contributed by atoms with E-state index in [0.29, 0.717) is 33.8 Å². The minimum atomic E-state index is -0.425. The normalized spacial score (nSPS) is 17.4. The number of nitrogens with zero attached hydrogens (tertiary/aromatic N) is 1. The second kappa shape index (κ2) is 12.5. The molecule has 0 fully saturated rings. The molecule has 5 nitrogen and oxygen atoms in total. The Morgan fingerprint density at radius 2 is 1.52 bits per heavy atom. The Labute approximate surface area is 260 Å². The number of hydrogen-bond donors (Lipinski definition) is 0. The van der Waals surface area contributed by atoms with Crippen LogP contribution in [0.15, 0.2) is 93.7 Å². The Morgan fingerprint density at radius 3 is 2.17 bits per heavy atom. The highest BCUT2D eigenvalue weighted by atomic mass is 79.9. The maximum Gasteiger partial charge on any atom is 0.175 e. The van der Waals surface area contributed by atoms with Gasteiger partial charge in [-0.3, -0.25) is 9.59 Å². The van der Waals surface area contributed by atoms with Gasteiger partial charge in [0.15, 0.2) is 23.1 Å². The Kier molecular flexibility index (Phi) is 8.55. The predicted octanol–water partition coefficient (Wildman–Crippen LogP) is 8.35. The van der Waals surface area contributed by atoms with E-state index >= 15 is 0 Å². The average Bonchev–Trinajstić information content (AvgIpc) is 3.00. The number of ether oxygens (including phenoxy) is 2. The largest absolute Gasteiger partial charge is 0.493 e. The second-order valence-electron chi connectivity index (χ2n) is 11.0. The lowest BCUT2D eigenvalue weighted by molar-refractivity contribution is -0.117. The van der Waals surface area contributed by atoms with Gasteiger partial charge in [0.05, 0.1) is 11.6 Å². The fraction of sp³-hybridized carbons (Fsp3) is 0.314. The third-order valence-electron chi connectivity index (χ3n) is 8.47. The zero-order valence-corrected chi connectivity index (χ0v) is 26.0. The van der Waals surface area contributed by atoms with E-state index in [1.54, 1.807) is 7.11 Å². The van der Waals surface area contributed by atoms with Crippen molar-refractivity contribution >= 4 is 39.1 Å². The Balaban J connectivity index is 1.41. The molecule has 7 heteroatoms. The SMILES string of the molecule is COc1cc(C2C3=C(CCCC3=O)N(CCc3ccccc3)C3=C2C(=O)CCC3)cc(Br)c1OCc1ccccc1Cl. The van der Waals surface area contributed by atoms with Crippen molar-refractivity contribution in [1.82, 2.24) is 4.90 Å². The Bertz CT molecular complexity index is 1550. The summed E-state index contributed by atoms with van der Waals surface area (Å²) in [6, 6.07) is 21.9. The molecule has 3 aromatic carbocycles. The van der Waals surface area contributed by atoms with Gasteiger partial charge >= 0.3 is 0 Å². The lowest BCUT2D eigenvalue weighted by Gasteiger charge is -2.44. The minimum Gasteiger partial charge on any atom is -0.493 e. The Morgan fingerprint density at radius 1 is 0.881 bits per heavy atom. The summed E-state index contributed by atoms with van der Waals surface area (Å²) in [4.78, 5) is 29.7. The van der Waals surface area contributed by atoms with E-state index in [-0.39, 0.29) is 18.2 Å². The van der Waals surface area contributed by atoms with E-state index in [9.17, 15) is 9.59 Å². The molecule has 0 atom stereocenters. The molecule has 0 aromatic heterocycles. The molecule has 3 aromatic rings. The van der Waals surface area contributed by atoms with Crippen LogP contribution in [-0.2, 0) is 22.6 Å².